The van der Waals surface area contributed by atoms with Gasteiger partial charge >= 0.3 is 0 Å². The third-order valence-corrected chi connectivity index (χ3v) is 5.36. The number of amides is 1. The molecule has 0 spiro atoms. The summed E-state index contributed by atoms with van der Waals surface area (Å²) in [4.78, 5) is 26.0. The van der Waals surface area contributed by atoms with Crippen molar-refractivity contribution in [2.75, 3.05) is 0 Å². The zero-order chi connectivity index (χ0) is 21.3. The van der Waals surface area contributed by atoms with Crippen LogP contribution in [-0.2, 0) is 18.4 Å². The van der Waals surface area contributed by atoms with Crippen molar-refractivity contribution in [2.24, 2.45) is 7.05 Å². The number of hydrogen-bond acceptors (Lipinski definition) is 3. The van der Waals surface area contributed by atoms with E-state index in [-0.39, 0.29) is 11.5 Å². The van der Waals surface area contributed by atoms with Gasteiger partial charge in [-0.05, 0) is 30.5 Å². The molecule has 2 heterocycles. The van der Waals surface area contributed by atoms with Crippen LogP contribution < -0.4 is 10.9 Å². The molecule has 0 fully saturated rings. The van der Waals surface area contributed by atoms with Gasteiger partial charge in [0.15, 0.2) is 0 Å². The van der Waals surface area contributed by atoms with E-state index in [2.05, 4.69) is 10.4 Å². The van der Waals surface area contributed by atoms with Crippen LogP contribution in [0.25, 0.3) is 22.2 Å². The number of rotatable bonds is 5. The van der Waals surface area contributed by atoms with Crippen molar-refractivity contribution in [1.29, 1.82) is 0 Å². The molecule has 1 atom stereocenters. The lowest BCUT2D eigenvalue weighted by Crippen LogP contribution is -2.36. The molecule has 2 aromatic carbocycles. The van der Waals surface area contributed by atoms with Crippen molar-refractivity contribution in [1.82, 2.24) is 19.7 Å². The van der Waals surface area contributed by atoms with Gasteiger partial charge in [0.05, 0.1) is 5.69 Å². The van der Waals surface area contributed by atoms with Gasteiger partial charge in [0.1, 0.15) is 11.7 Å². The van der Waals surface area contributed by atoms with E-state index in [1.54, 1.807) is 24.7 Å². The minimum atomic E-state index is -0.677. The normalized spacial score (nSPS) is 12.1. The first-order valence-corrected chi connectivity index (χ1v) is 9.93. The first-order chi connectivity index (χ1) is 14.5. The Morgan fingerprint density at radius 1 is 1.07 bits per heavy atom. The SMILES string of the molecule is Cc1nn(C)c2c1c(-c1ccccc1)cc(=O)n2C(C)C(=O)NCc1ccccc1. The van der Waals surface area contributed by atoms with E-state index < -0.39 is 6.04 Å². The summed E-state index contributed by atoms with van der Waals surface area (Å²) in [5, 5.41) is 8.35. The molecule has 6 heteroatoms. The lowest BCUT2D eigenvalue weighted by atomic mass is 10.0. The molecule has 4 rings (SSSR count). The number of pyridine rings is 1. The quantitative estimate of drug-likeness (QED) is 0.557. The maximum Gasteiger partial charge on any atom is 0.253 e. The predicted octanol–water partition coefficient (Wildman–Crippen LogP) is 3.59. The van der Waals surface area contributed by atoms with E-state index in [1.807, 2.05) is 67.6 Å². The number of nitrogens with zero attached hydrogens (tertiary/aromatic N) is 3. The first kappa shape index (κ1) is 19.6. The van der Waals surface area contributed by atoms with Crippen LogP contribution in [0.2, 0.25) is 0 Å². The molecular weight excluding hydrogens is 376 g/mol. The van der Waals surface area contributed by atoms with Crippen LogP contribution in [-0.4, -0.2) is 20.3 Å². The largest absolute Gasteiger partial charge is 0.350 e. The summed E-state index contributed by atoms with van der Waals surface area (Å²) in [6.45, 7) is 4.07. The first-order valence-electron chi connectivity index (χ1n) is 9.93. The van der Waals surface area contributed by atoms with Crippen LogP contribution in [0.3, 0.4) is 0 Å². The number of aromatic nitrogens is 3. The van der Waals surface area contributed by atoms with E-state index in [1.165, 1.54) is 4.57 Å². The number of benzene rings is 2. The van der Waals surface area contributed by atoms with Crippen molar-refractivity contribution >= 4 is 16.9 Å². The molecule has 1 N–H and O–H groups in total. The summed E-state index contributed by atoms with van der Waals surface area (Å²) in [6.07, 6.45) is 0. The Bertz CT molecular complexity index is 1260. The number of carbonyl (C=O) groups is 1. The second-order valence-electron chi connectivity index (χ2n) is 7.42. The summed E-state index contributed by atoms with van der Waals surface area (Å²) >= 11 is 0. The Labute approximate surface area is 174 Å². The van der Waals surface area contributed by atoms with Gasteiger partial charge in [-0.3, -0.25) is 18.8 Å². The van der Waals surface area contributed by atoms with Crippen LogP contribution in [0, 0.1) is 6.92 Å². The molecule has 0 saturated heterocycles. The minimum Gasteiger partial charge on any atom is -0.350 e. The molecule has 0 aliphatic rings. The Morgan fingerprint density at radius 3 is 2.37 bits per heavy atom. The van der Waals surface area contributed by atoms with E-state index in [0.29, 0.717) is 12.2 Å². The lowest BCUT2D eigenvalue weighted by molar-refractivity contribution is -0.124. The van der Waals surface area contributed by atoms with Crippen molar-refractivity contribution in [3.05, 3.63) is 88.3 Å². The van der Waals surface area contributed by atoms with Crippen LogP contribution in [0.5, 0.6) is 0 Å². The molecule has 1 amide bonds. The topological polar surface area (TPSA) is 68.9 Å². The predicted molar refractivity (Wildman–Crippen MR) is 118 cm³/mol. The standard InChI is InChI=1S/C24H24N4O2/c1-16-22-20(19-12-8-5-9-13-19)14-21(29)28(24(22)27(3)26-16)17(2)23(30)25-15-18-10-6-4-7-11-18/h4-14,17H,15H2,1-3H3,(H,25,30). The van der Waals surface area contributed by atoms with Gasteiger partial charge in [0, 0.05) is 25.0 Å². The van der Waals surface area contributed by atoms with E-state index in [4.69, 9.17) is 0 Å². The highest BCUT2D eigenvalue weighted by atomic mass is 16.2. The summed E-state index contributed by atoms with van der Waals surface area (Å²) in [5.74, 6) is -0.214. The number of fused-ring (bicyclic) bond motifs is 1. The van der Waals surface area contributed by atoms with E-state index in [9.17, 15) is 9.59 Å². The fourth-order valence-electron chi connectivity index (χ4n) is 3.88. The zero-order valence-corrected chi connectivity index (χ0v) is 17.3. The van der Waals surface area contributed by atoms with Gasteiger partial charge in [0.2, 0.25) is 5.91 Å². The van der Waals surface area contributed by atoms with Crippen LogP contribution >= 0.6 is 0 Å². The summed E-state index contributed by atoms with van der Waals surface area (Å²) < 4.78 is 3.21. The molecule has 152 valence electrons. The summed E-state index contributed by atoms with van der Waals surface area (Å²) in [5.41, 5.74) is 4.01. The molecule has 4 aromatic rings. The number of hydrogen-bond donors (Lipinski definition) is 1. The third-order valence-electron chi connectivity index (χ3n) is 5.36. The molecule has 0 radical (unpaired) electrons. The van der Waals surface area contributed by atoms with Crippen LogP contribution in [0.15, 0.2) is 71.5 Å². The fraction of sp³-hybridized carbons (Fsp3) is 0.208. The van der Waals surface area contributed by atoms with E-state index >= 15 is 0 Å². The molecule has 30 heavy (non-hydrogen) atoms. The monoisotopic (exact) mass is 400 g/mol. The summed E-state index contributed by atoms with van der Waals surface area (Å²) in [6, 6.07) is 20.4. The average Bonchev–Trinajstić information content (AvgIpc) is 3.06. The second-order valence-corrected chi connectivity index (χ2v) is 7.42. The fourth-order valence-corrected chi connectivity index (χ4v) is 3.88. The number of aryl methyl sites for hydroxylation is 2. The van der Waals surface area contributed by atoms with Gasteiger partial charge in [-0.25, -0.2) is 0 Å². The molecule has 0 bridgehead atoms. The average molecular weight is 400 g/mol. The Morgan fingerprint density at radius 2 is 1.70 bits per heavy atom. The molecule has 6 nitrogen and oxygen atoms in total. The minimum absolute atomic E-state index is 0.214. The van der Waals surface area contributed by atoms with Crippen LogP contribution in [0.4, 0.5) is 0 Å². The maximum atomic E-state index is 13.2. The smallest absolute Gasteiger partial charge is 0.253 e. The molecule has 0 saturated carbocycles. The highest BCUT2D eigenvalue weighted by Crippen LogP contribution is 2.30. The highest BCUT2D eigenvalue weighted by molar-refractivity contribution is 5.96. The van der Waals surface area contributed by atoms with Crippen molar-refractivity contribution in [3.63, 3.8) is 0 Å². The zero-order valence-electron chi connectivity index (χ0n) is 17.3. The van der Waals surface area contributed by atoms with Crippen LogP contribution in [0.1, 0.15) is 24.2 Å². The number of carbonyl (C=O) groups excluding carboxylic acids is 1. The third kappa shape index (κ3) is 3.52. The van der Waals surface area contributed by atoms with Gasteiger partial charge in [0.25, 0.3) is 5.56 Å². The highest BCUT2D eigenvalue weighted by Gasteiger charge is 2.23. The number of nitrogens with one attached hydrogen (secondary N) is 1. The van der Waals surface area contributed by atoms with Gasteiger partial charge in [-0.15, -0.1) is 0 Å². The van der Waals surface area contributed by atoms with E-state index in [0.717, 1.165) is 27.8 Å². The Balaban J connectivity index is 1.77. The van der Waals surface area contributed by atoms with Gasteiger partial charge in [-0.1, -0.05) is 60.7 Å². The van der Waals surface area contributed by atoms with Gasteiger partial charge < -0.3 is 5.32 Å². The second kappa shape index (κ2) is 7.99. The maximum absolute atomic E-state index is 13.2. The molecular formula is C24H24N4O2. The van der Waals surface area contributed by atoms with Crippen molar-refractivity contribution in [3.8, 4) is 11.1 Å². The Kier molecular flexibility index (Phi) is 5.23. The molecule has 0 aliphatic carbocycles. The van der Waals surface area contributed by atoms with Crippen molar-refractivity contribution in [2.45, 2.75) is 26.4 Å². The Hall–Kier alpha value is -3.67. The molecule has 1 unspecified atom stereocenters. The van der Waals surface area contributed by atoms with Gasteiger partial charge in [-0.2, -0.15) is 5.10 Å². The summed E-state index contributed by atoms with van der Waals surface area (Å²) in [7, 11) is 1.80. The molecule has 2 aromatic heterocycles. The lowest BCUT2D eigenvalue weighted by Gasteiger charge is -2.18. The molecule has 0 aliphatic heterocycles. The van der Waals surface area contributed by atoms with Crippen molar-refractivity contribution < 1.29 is 4.79 Å².